The maximum Gasteiger partial charge on any atom is 0.358 e. The average molecular weight is 224 g/mol. The van der Waals surface area contributed by atoms with E-state index in [-0.39, 0.29) is 12.1 Å². The second-order valence-electron chi connectivity index (χ2n) is 3.83. The number of hydrogen-bond acceptors (Lipinski definition) is 4. The fourth-order valence-corrected chi connectivity index (χ4v) is 1.68. The van der Waals surface area contributed by atoms with Gasteiger partial charge in [-0.3, -0.25) is 0 Å². The molecule has 1 aliphatic heterocycles. The Morgan fingerprint density at radius 2 is 2.50 bits per heavy atom. The van der Waals surface area contributed by atoms with Gasteiger partial charge < -0.3 is 14.0 Å². The summed E-state index contributed by atoms with van der Waals surface area (Å²) in [6, 6.07) is 0. The van der Waals surface area contributed by atoms with Crippen molar-refractivity contribution in [3.05, 3.63) is 17.7 Å². The first-order valence-electron chi connectivity index (χ1n) is 5.52. The molecule has 5 nitrogen and oxygen atoms in total. The number of hydrogen-bond donors (Lipinski definition) is 0. The quantitative estimate of drug-likeness (QED) is 0.720. The fourth-order valence-electron chi connectivity index (χ4n) is 1.68. The van der Waals surface area contributed by atoms with E-state index in [1.165, 1.54) is 0 Å². The van der Waals surface area contributed by atoms with Gasteiger partial charge in [0.05, 0.1) is 25.6 Å². The number of carbonyl (C=O) groups is 1. The second kappa shape index (κ2) is 4.65. The number of carbonyl (C=O) groups excluding carboxylic acids is 1. The van der Waals surface area contributed by atoms with Gasteiger partial charge in [-0.2, -0.15) is 0 Å². The highest BCUT2D eigenvalue weighted by Gasteiger charge is 2.21. The van der Waals surface area contributed by atoms with Crippen molar-refractivity contribution in [1.29, 1.82) is 0 Å². The minimum absolute atomic E-state index is 0.267. The van der Waals surface area contributed by atoms with Gasteiger partial charge in [0.2, 0.25) is 0 Å². The summed E-state index contributed by atoms with van der Waals surface area (Å²) in [4.78, 5) is 15.6. The van der Waals surface area contributed by atoms with Crippen LogP contribution in [0.3, 0.4) is 0 Å². The predicted octanol–water partition coefficient (Wildman–Crippen LogP) is 1.16. The number of imidazole rings is 1. The summed E-state index contributed by atoms with van der Waals surface area (Å²) in [5.74, 6) is -0.353. The molecule has 1 fully saturated rings. The highest BCUT2D eigenvalue weighted by molar-refractivity contribution is 5.88. The van der Waals surface area contributed by atoms with Crippen LogP contribution in [0.1, 0.15) is 29.5 Å². The number of ether oxygens (including phenoxy) is 2. The van der Waals surface area contributed by atoms with Crippen LogP contribution < -0.4 is 0 Å². The molecule has 1 aliphatic rings. The molecule has 2 heterocycles. The first kappa shape index (κ1) is 11.1. The van der Waals surface area contributed by atoms with Gasteiger partial charge in [0.25, 0.3) is 0 Å². The van der Waals surface area contributed by atoms with Gasteiger partial charge in [0, 0.05) is 12.3 Å². The first-order valence-corrected chi connectivity index (χ1v) is 5.52. The monoisotopic (exact) mass is 224 g/mol. The lowest BCUT2D eigenvalue weighted by Gasteiger charge is -2.27. The molecule has 0 aromatic carbocycles. The minimum atomic E-state index is -0.353. The van der Waals surface area contributed by atoms with Gasteiger partial charge in [-0.25, -0.2) is 9.78 Å². The highest BCUT2D eigenvalue weighted by atomic mass is 16.5. The van der Waals surface area contributed by atoms with Gasteiger partial charge in [-0.05, 0) is 20.3 Å². The summed E-state index contributed by atoms with van der Waals surface area (Å²) in [6.07, 6.45) is 3.01. The molecule has 2 rings (SSSR count). The normalized spacial score (nSPS) is 19.2. The van der Waals surface area contributed by atoms with Crippen molar-refractivity contribution in [3.8, 4) is 0 Å². The van der Waals surface area contributed by atoms with E-state index in [0.717, 1.165) is 25.3 Å². The molecule has 0 spiro atoms. The summed E-state index contributed by atoms with van der Waals surface area (Å²) in [7, 11) is 0. The zero-order valence-corrected chi connectivity index (χ0v) is 9.60. The Labute approximate surface area is 94.4 Å². The third-order valence-electron chi connectivity index (χ3n) is 2.76. The van der Waals surface area contributed by atoms with Gasteiger partial charge in [-0.1, -0.05) is 0 Å². The molecule has 5 heteroatoms. The number of rotatable bonds is 4. The number of nitrogens with zero attached hydrogens (tertiary/aromatic N) is 2. The summed E-state index contributed by atoms with van der Waals surface area (Å²) >= 11 is 0. The molecule has 0 saturated carbocycles. The lowest BCUT2D eigenvalue weighted by atomic mass is 10.2. The molecule has 0 amide bonds. The molecule has 1 aromatic rings. The Hall–Kier alpha value is -1.36. The molecular formula is C11H16N2O3. The summed E-state index contributed by atoms with van der Waals surface area (Å²) in [5.41, 5.74) is 1.25. The van der Waals surface area contributed by atoms with E-state index in [1.54, 1.807) is 13.3 Å². The van der Waals surface area contributed by atoms with Crippen LogP contribution in [-0.4, -0.2) is 34.8 Å². The maximum atomic E-state index is 11.5. The minimum Gasteiger partial charge on any atom is -0.461 e. The zero-order valence-electron chi connectivity index (χ0n) is 9.60. The average Bonchev–Trinajstić information content (AvgIpc) is 2.54. The molecule has 1 aromatic heterocycles. The van der Waals surface area contributed by atoms with Crippen LogP contribution in [-0.2, 0) is 16.0 Å². The molecule has 0 N–H and O–H groups in total. The lowest BCUT2D eigenvalue weighted by Crippen LogP contribution is -2.31. The molecule has 0 radical (unpaired) electrons. The van der Waals surface area contributed by atoms with Crippen molar-refractivity contribution in [1.82, 2.24) is 9.55 Å². The third kappa shape index (κ3) is 2.09. The van der Waals surface area contributed by atoms with E-state index >= 15 is 0 Å². The zero-order chi connectivity index (χ0) is 11.5. The second-order valence-corrected chi connectivity index (χ2v) is 3.83. The Morgan fingerprint density at radius 3 is 3.06 bits per heavy atom. The highest BCUT2D eigenvalue weighted by Crippen LogP contribution is 2.16. The molecular weight excluding hydrogens is 208 g/mol. The molecule has 0 unspecified atom stereocenters. The van der Waals surface area contributed by atoms with Gasteiger partial charge >= 0.3 is 5.97 Å². The van der Waals surface area contributed by atoms with E-state index in [0.29, 0.717) is 12.3 Å². The van der Waals surface area contributed by atoms with Crippen molar-refractivity contribution in [3.63, 3.8) is 0 Å². The van der Waals surface area contributed by atoms with Crippen LogP contribution in [0.25, 0.3) is 0 Å². The summed E-state index contributed by atoms with van der Waals surface area (Å²) in [6.45, 7) is 5.63. The Morgan fingerprint density at radius 1 is 1.75 bits per heavy atom. The molecule has 1 saturated heterocycles. The van der Waals surface area contributed by atoms with Crippen molar-refractivity contribution >= 4 is 5.97 Å². The molecule has 0 bridgehead atoms. The SMILES string of the molecule is CCOC(=O)c1ncn(C[C@@H]2CCO2)c1C. The van der Waals surface area contributed by atoms with Crippen LogP contribution in [0.15, 0.2) is 6.33 Å². The van der Waals surface area contributed by atoms with Crippen molar-refractivity contribution < 1.29 is 14.3 Å². The first-order chi connectivity index (χ1) is 7.72. The van der Waals surface area contributed by atoms with E-state index in [9.17, 15) is 4.79 Å². The Bertz CT molecular complexity index is 383. The van der Waals surface area contributed by atoms with Gasteiger partial charge in [0.15, 0.2) is 5.69 Å². The lowest BCUT2D eigenvalue weighted by molar-refractivity contribution is -0.0594. The Kier molecular flexibility index (Phi) is 3.24. The number of esters is 1. The van der Waals surface area contributed by atoms with E-state index < -0.39 is 0 Å². The van der Waals surface area contributed by atoms with Crippen LogP contribution in [0.4, 0.5) is 0 Å². The Balaban J connectivity index is 2.06. The summed E-state index contributed by atoms with van der Waals surface area (Å²) < 4.78 is 12.2. The molecule has 16 heavy (non-hydrogen) atoms. The smallest absolute Gasteiger partial charge is 0.358 e. The largest absolute Gasteiger partial charge is 0.461 e. The van der Waals surface area contributed by atoms with Crippen molar-refractivity contribution in [2.45, 2.75) is 32.9 Å². The van der Waals surface area contributed by atoms with E-state index in [1.807, 2.05) is 11.5 Å². The molecule has 0 aliphatic carbocycles. The van der Waals surface area contributed by atoms with Gasteiger partial charge in [-0.15, -0.1) is 0 Å². The molecule has 1 atom stereocenters. The number of aromatic nitrogens is 2. The fraction of sp³-hybridized carbons (Fsp3) is 0.636. The van der Waals surface area contributed by atoms with Crippen LogP contribution in [0, 0.1) is 6.92 Å². The van der Waals surface area contributed by atoms with Crippen LogP contribution >= 0.6 is 0 Å². The predicted molar refractivity (Wildman–Crippen MR) is 57.3 cm³/mol. The maximum absolute atomic E-state index is 11.5. The van der Waals surface area contributed by atoms with Crippen LogP contribution in [0.5, 0.6) is 0 Å². The standard InChI is InChI=1S/C11H16N2O3/c1-3-15-11(14)10-8(2)13(7-12-10)6-9-4-5-16-9/h7,9H,3-6H2,1-2H3/t9-/m0/s1. The van der Waals surface area contributed by atoms with Crippen LogP contribution in [0.2, 0.25) is 0 Å². The van der Waals surface area contributed by atoms with E-state index in [4.69, 9.17) is 9.47 Å². The third-order valence-corrected chi connectivity index (χ3v) is 2.76. The molecule has 88 valence electrons. The van der Waals surface area contributed by atoms with Gasteiger partial charge in [0.1, 0.15) is 0 Å². The summed E-state index contributed by atoms with van der Waals surface area (Å²) in [5, 5.41) is 0. The van der Waals surface area contributed by atoms with E-state index in [2.05, 4.69) is 4.98 Å². The topological polar surface area (TPSA) is 53.3 Å². The van der Waals surface area contributed by atoms with Crippen molar-refractivity contribution in [2.75, 3.05) is 13.2 Å². The van der Waals surface area contributed by atoms with Crippen molar-refractivity contribution in [2.24, 2.45) is 0 Å².